The number of aromatic nitrogens is 1. The lowest BCUT2D eigenvalue weighted by atomic mass is 10.2. The first kappa shape index (κ1) is 17.3. The largest absolute Gasteiger partial charge is 0.266 e. The highest BCUT2D eigenvalue weighted by Gasteiger charge is 2.34. The van der Waals surface area contributed by atoms with Gasteiger partial charge < -0.3 is 0 Å². The number of sulfonamides is 1. The third kappa shape index (κ3) is 4.95. The van der Waals surface area contributed by atoms with Crippen LogP contribution in [0.2, 0.25) is 0 Å². The van der Waals surface area contributed by atoms with Gasteiger partial charge in [-0.2, -0.15) is 0 Å². The summed E-state index contributed by atoms with van der Waals surface area (Å²) in [6, 6.07) is 7.85. The van der Waals surface area contributed by atoms with Gasteiger partial charge in [-0.3, -0.25) is 9.29 Å². The normalized spacial score (nSPS) is 12.2. The minimum absolute atomic E-state index is 0.111. The first-order valence-electron chi connectivity index (χ1n) is 6.70. The maximum Gasteiger partial charge on any atom is 0.261 e. The molecule has 1 aromatic carbocycles. The van der Waals surface area contributed by atoms with Crippen molar-refractivity contribution < 1.29 is 21.6 Å². The molecular formula is C15H15F3N2O2S. The van der Waals surface area contributed by atoms with E-state index < -0.39 is 27.5 Å². The van der Waals surface area contributed by atoms with Crippen molar-refractivity contribution in [3.8, 4) is 0 Å². The van der Waals surface area contributed by atoms with Gasteiger partial charge in [-0.15, -0.1) is 0 Å². The molecule has 2 aromatic rings. The Hall–Kier alpha value is -2.09. The smallest absolute Gasteiger partial charge is 0.261 e. The van der Waals surface area contributed by atoms with Gasteiger partial charge in [0, 0.05) is 19.3 Å². The highest BCUT2D eigenvalue weighted by Crippen LogP contribution is 2.25. The van der Waals surface area contributed by atoms with Crippen LogP contribution >= 0.6 is 0 Å². The van der Waals surface area contributed by atoms with Crippen LogP contribution in [0, 0.1) is 5.82 Å². The average Bonchev–Trinajstić information content (AvgIpc) is 2.44. The van der Waals surface area contributed by atoms with Crippen LogP contribution < -0.4 is 4.31 Å². The van der Waals surface area contributed by atoms with E-state index in [-0.39, 0.29) is 12.2 Å². The fourth-order valence-corrected chi connectivity index (χ4v) is 3.60. The highest BCUT2D eigenvalue weighted by atomic mass is 32.2. The van der Waals surface area contributed by atoms with Gasteiger partial charge in [-0.05, 0) is 35.9 Å². The van der Waals surface area contributed by atoms with Gasteiger partial charge in [-0.25, -0.2) is 21.6 Å². The zero-order valence-corrected chi connectivity index (χ0v) is 13.1. The molecule has 8 heteroatoms. The number of hydrogen-bond donors (Lipinski definition) is 0. The summed E-state index contributed by atoms with van der Waals surface area (Å²) in [5.74, 6) is -5.27. The van der Waals surface area contributed by atoms with E-state index in [0.29, 0.717) is 12.5 Å². The van der Waals surface area contributed by atoms with Crippen molar-refractivity contribution in [2.45, 2.75) is 19.4 Å². The number of nitrogens with zero attached hydrogens (tertiary/aromatic N) is 2. The van der Waals surface area contributed by atoms with Crippen LogP contribution in [0.4, 0.5) is 18.9 Å². The molecule has 0 saturated carbocycles. The second kappa shape index (κ2) is 6.57. The molecule has 0 amide bonds. The third-order valence-corrected chi connectivity index (χ3v) is 4.82. The molecule has 0 atom stereocenters. The molecule has 0 aliphatic carbocycles. The molecule has 0 spiro atoms. The molecule has 23 heavy (non-hydrogen) atoms. The molecule has 0 N–H and O–H groups in total. The van der Waals surface area contributed by atoms with Gasteiger partial charge in [0.05, 0.1) is 12.2 Å². The molecule has 0 unspecified atom stereocenters. The van der Waals surface area contributed by atoms with Crippen molar-refractivity contribution in [1.82, 2.24) is 4.98 Å². The number of halogens is 3. The molecular weight excluding hydrogens is 329 g/mol. The monoisotopic (exact) mass is 344 g/mol. The van der Waals surface area contributed by atoms with Gasteiger partial charge in [0.25, 0.3) is 5.92 Å². The van der Waals surface area contributed by atoms with Gasteiger partial charge in [-0.1, -0.05) is 6.07 Å². The van der Waals surface area contributed by atoms with Gasteiger partial charge in [0.2, 0.25) is 10.0 Å². The molecule has 0 saturated heterocycles. The first-order valence-corrected chi connectivity index (χ1v) is 8.31. The molecule has 0 aliphatic rings. The zero-order valence-electron chi connectivity index (χ0n) is 12.3. The molecule has 0 radical (unpaired) electrons. The maximum atomic E-state index is 13.2. The van der Waals surface area contributed by atoms with Crippen molar-refractivity contribution in [2.75, 3.05) is 10.1 Å². The Morgan fingerprint density at radius 3 is 2.35 bits per heavy atom. The lowest BCUT2D eigenvalue weighted by Crippen LogP contribution is -2.38. The molecule has 4 nitrogen and oxygen atoms in total. The molecule has 0 bridgehead atoms. The number of rotatable bonds is 6. The Morgan fingerprint density at radius 2 is 1.83 bits per heavy atom. The van der Waals surface area contributed by atoms with E-state index in [2.05, 4.69) is 4.98 Å². The summed E-state index contributed by atoms with van der Waals surface area (Å²) in [7, 11) is -4.31. The predicted molar refractivity (Wildman–Crippen MR) is 81.2 cm³/mol. The third-order valence-electron chi connectivity index (χ3n) is 2.94. The minimum Gasteiger partial charge on any atom is -0.266 e. The summed E-state index contributed by atoms with van der Waals surface area (Å²) in [5, 5.41) is 0. The number of hydrogen-bond acceptors (Lipinski definition) is 3. The lowest BCUT2D eigenvalue weighted by molar-refractivity contribution is 0.0473. The van der Waals surface area contributed by atoms with Gasteiger partial charge in [0.15, 0.2) is 0 Å². The number of pyridine rings is 1. The van der Waals surface area contributed by atoms with Crippen LogP contribution in [-0.4, -0.2) is 25.1 Å². The standard InChI is InChI=1S/C15H15F3N2O2S/c1-15(17,18)11-23(21,22)20(10-12-3-2-8-19-9-12)14-6-4-13(16)5-7-14/h2-9H,10-11H2,1H3. The molecule has 2 rings (SSSR count). The van der Waals surface area contributed by atoms with Crippen molar-refractivity contribution in [2.24, 2.45) is 0 Å². The molecule has 124 valence electrons. The lowest BCUT2D eigenvalue weighted by Gasteiger charge is -2.26. The Balaban J connectivity index is 2.40. The fourth-order valence-electron chi connectivity index (χ4n) is 2.01. The van der Waals surface area contributed by atoms with E-state index in [4.69, 9.17) is 0 Å². The van der Waals surface area contributed by atoms with E-state index in [1.807, 2.05) is 0 Å². The van der Waals surface area contributed by atoms with Crippen molar-refractivity contribution in [1.29, 1.82) is 0 Å². The predicted octanol–water partition coefficient (Wildman–Crippen LogP) is 3.21. The number of benzene rings is 1. The summed E-state index contributed by atoms with van der Waals surface area (Å²) in [4.78, 5) is 3.87. The Kier molecular flexibility index (Phi) is 4.93. The fraction of sp³-hybridized carbons (Fsp3) is 0.267. The van der Waals surface area contributed by atoms with E-state index >= 15 is 0 Å². The second-order valence-corrected chi connectivity index (χ2v) is 7.06. The van der Waals surface area contributed by atoms with Crippen LogP contribution in [0.1, 0.15) is 12.5 Å². The SMILES string of the molecule is CC(F)(F)CS(=O)(=O)N(Cc1cccnc1)c1ccc(F)cc1. The number of anilines is 1. The summed E-state index contributed by atoms with van der Waals surface area (Å²) in [6.45, 7) is 0.370. The number of alkyl halides is 2. The Morgan fingerprint density at radius 1 is 1.17 bits per heavy atom. The van der Waals surface area contributed by atoms with Gasteiger partial charge >= 0.3 is 0 Å². The van der Waals surface area contributed by atoms with Crippen molar-refractivity contribution in [3.05, 3.63) is 60.2 Å². The Bertz CT molecular complexity index is 745. The zero-order chi connectivity index (χ0) is 17.1. The van der Waals surface area contributed by atoms with E-state index in [0.717, 1.165) is 16.4 Å². The minimum atomic E-state index is -4.31. The Labute approximate surface area is 132 Å². The molecule has 0 aliphatic heterocycles. The van der Waals surface area contributed by atoms with E-state index in [1.165, 1.54) is 24.5 Å². The highest BCUT2D eigenvalue weighted by molar-refractivity contribution is 7.92. The molecule has 0 fully saturated rings. The quantitative estimate of drug-likeness (QED) is 0.808. The van der Waals surface area contributed by atoms with Crippen LogP contribution in [0.15, 0.2) is 48.8 Å². The molecule has 1 aromatic heterocycles. The van der Waals surface area contributed by atoms with E-state index in [9.17, 15) is 21.6 Å². The van der Waals surface area contributed by atoms with Crippen molar-refractivity contribution in [3.63, 3.8) is 0 Å². The second-order valence-electron chi connectivity index (χ2n) is 5.17. The average molecular weight is 344 g/mol. The van der Waals surface area contributed by atoms with Crippen LogP contribution in [0.5, 0.6) is 0 Å². The van der Waals surface area contributed by atoms with Crippen LogP contribution in [-0.2, 0) is 16.6 Å². The first-order chi connectivity index (χ1) is 10.7. The van der Waals surface area contributed by atoms with E-state index in [1.54, 1.807) is 12.1 Å². The maximum absolute atomic E-state index is 13.2. The van der Waals surface area contributed by atoms with Gasteiger partial charge in [0.1, 0.15) is 11.6 Å². The topological polar surface area (TPSA) is 50.3 Å². The summed E-state index contributed by atoms with van der Waals surface area (Å²) < 4.78 is 65.1. The van der Waals surface area contributed by atoms with Crippen molar-refractivity contribution >= 4 is 15.7 Å². The summed E-state index contributed by atoms with van der Waals surface area (Å²) in [5.41, 5.74) is 0.638. The van der Waals surface area contributed by atoms with Crippen LogP contribution in [0.3, 0.4) is 0 Å². The summed E-state index contributed by atoms with van der Waals surface area (Å²) >= 11 is 0. The molecule has 1 heterocycles. The summed E-state index contributed by atoms with van der Waals surface area (Å²) in [6.07, 6.45) is 2.95. The van der Waals surface area contributed by atoms with Crippen LogP contribution in [0.25, 0.3) is 0 Å².